The zero-order chi connectivity index (χ0) is 12.5. The molecule has 0 N–H and O–H groups in total. The topological polar surface area (TPSA) is 27.1 Å². The second-order valence-electron chi connectivity index (χ2n) is 3.33. The minimum Gasteiger partial charge on any atom is -0.496 e. The molecule has 0 aliphatic carbocycles. The summed E-state index contributed by atoms with van der Waals surface area (Å²) in [5.74, 6) is -0.201. The third-order valence-electron chi connectivity index (χ3n) is 2.26. The van der Waals surface area contributed by atoms with Crippen LogP contribution in [0.15, 0.2) is 36.7 Å². The van der Waals surface area contributed by atoms with E-state index in [2.05, 4.69) is 5.10 Å². The maximum Gasteiger partial charge on any atom is 0.420 e. The van der Waals surface area contributed by atoms with Crippen molar-refractivity contribution < 1.29 is 17.9 Å². The predicted octanol–water partition coefficient (Wildman–Crippen LogP) is 2.90. The third kappa shape index (κ3) is 2.25. The molecule has 0 aliphatic rings. The first kappa shape index (κ1) is 11.5. The Bertz CT molecular complexity index is 506. The summed E-state index contributed by atoms with van der Waals surface area (Å²) >= 11 is 0. The number of hydrogen-bond donors (Lipinski definition) is 0. The van der Waals surface area contributed by atoms with Crippen molar-refractivity contribution in [3.05, 3.63) is 42.2 Å². The highest BCUT2D eigenvalue weighted by molar-refractivity contribution is 5.45. The van der Waals surface area contributed by atoms with Gasteiger partial charge in [-0.2, -0.15) is 18.3 Å². The Morgan fingerprint density at radius 2 is 2.06 bits per heavy atom. The van der Waals surface area contributed by atoms with Crippen molar-refractivity contribution in [1.29, 1.82) is 0 Å². The average Bonchev–Trinajstić information content (AvgIpc) is 2.80. The molecule has 0 amide bonds. The molecule has 1 heterocycles. The molecule has 0 saturated heterocycles. The normalized spacial score (nSPS) is 11.5. The van der Waals surface area contributed by atoms with E-state index >= 15 is 0 Å². The number of alkyl halides is 3. The standard InChI is InChI=1S/C11H9F3N2O/c1-17-10-4-3-8(16-6-2-5-15-16)7-9(10)11(12,13)14/h2-7H,1H3. The highest BCUT2D eigenvalue weighted by Crippen LogP contribution is 2.37. The van der Waals surface area contributed by atoms with Gasteiger partial charge in [0.05, 0.1) is 18.4 Å². The first-order valence-electron chi connectivity index (χ1n) is 4.77. The van der Waals surface area contributed by atoms with Crippen LogP contribution >= 0.6 is 0 Å². The summed E-state index contributed by atoms with van der Waals surface area (Å²) in [5.41, 5.74) is -0.476. The van der Waals surface area contributed by atoms with Crippen LogP contribution in [0.3, 0.4) is 0 Å². The first-order valence-corrected chi connectivity index (χ1v) is 4.77. The number of rotatable bonds is 2. The highest BCUT2D eigenvalue weighted by Gasteiger charge is 2.34. The molecule has 2 rings (SSSR count). The lowest BCUT2D eigenvalue weighted by Gasteiger charge is -2.13. The van der Waals surface area contributed by atoms with Crippen LogP contribution in [0.25, 0.3) is 5.69 Å². The predicted molar refractivity (Wildman–Crippen MR) is 55.1 cm³/mol. The van der Waals surface area contributed by atoms with E-state index in [4.69, 9.17) is 4.74 Å². The Balaban J connectivity index is 2.53. The van der Waals surface area contributed by atoms with Gasteiger partial charge in [0, 0.05) is 12.4 Å². The van der Waals surface area contributed by atoms with Crippen LogP contribution in [0.5, 0.6) is 5.75 Å². The zero-order valence-corrected chi connectivity index (χ0v) is 8.90. The maximum atomic E-state index is 12.7. The van der Waals surface area contributed by atoms with Gasteiger partial charge in [-0.3, -0.25) is 0 Å². The molecule has 90 valence electrons. The molecule has 0 radical (unpaired) electrons. The molecule has 1 aromatic carbocycles. The molecular formula is C11H9F3N2O. The molecule has 0 spiro atoms. The Labute approximate surface area is 95.4 Å². The van der Waals surface area contributed by atoms with Gasteiger partial charge in [-0.15, -0.1) is 0 Å². The number of halogens is 3. The monoisotopic (exact) mass is 242 g/mol. The smallest absolute Gasteiger partial charge is 0.420 e. The van der Waals surface area contributed by atoms with Gasteiger partial charge in [-0.1, -0.05) is 0 Å². The summed E-state index contributed by atoms with van der Waals surface area (Å²) in [7, 11) is 1.21. The van der Waals surface area contributed by atoms with Crippen LogP contribution in [0.4, 0.5) is 13.2 Å². The van der Waals surface area contributed by atoms with Gasteiger partial charge < -0.3 is 4.74 Å². The molecular weight excluding hydrogens is 233 g/mol. The lowest BCUT2D eigenvalue weighted by molar-refractivity contribution is -0.138. The third-order valence-corrected chi connectivity index (χ3v) is 2.26. The second kappa shape index (κ2) is 4.12. The molecule has 0 atom stereocenters. The summed E-state index contributed by atoms with van der Waals surface area (Å²) in [6.07, 6.45) is -1.38. The molecule has 0 fully saturated rings. The van der Waals surface area contributed by atoms with Gasteiger partial charge in [0.1, 0.15) is 5.75 Å². The molecule has 3 nitrogen and oxygen atoms in total. The Morgan fingerprint density at radius 1 is 1.29 bits per heavy atom. The number of nitrogens with zero attached hydrogens (tertiary/aromatic N) is 2. The quantitative estimate of drug-likeness (QED) is 0.809. The van der Waals surface area contributed by atoms with Gasteiger partial charge in [0.15, 0.2) is 0 Å². The van der Waals surface area contributed by atoms with Crippen molar-refractivity contribution in [2.45, 2.75) is 6.18 Å². The van der Waals surface area contributed by atoms with Gasteiger partial charge in [-0.05, 0) is 24.3 Å². The lowest BCUT2D eigenvalue weighted by Crippen LogP contribution is -2.09. The fourth-order valence-corrected chi connectivity index (χ4v) is 1.48. The van der Waals surface area contributed by atoms with Gasteiger partial charge in [0.25, 0.3) is 0 Å². The summed E-state index contributed by atoms with van der Waals surface area (Å²) in [6, 6.07) is 5.43. The number of aromatic nitrogens is 2. The second-order valence-corrected chi connectivity index (χ2v) is 3.33. The van der Waals surface area contributed by atoms with Crippen molar-refractivity contribution in [3.8, 4) is 11.4 Å². The Hall–Kier alpha value is -1.98. The van der Waals surface area contributed by atoms with E-state index < -0.39 is 11.7 Å². The van der Waals surface area contributed by atoms with E-state index in [-0.39, 0.29) is 5.75 Å². The van der Waals surface area contributed by atoms with Crippen molar-refractivity contribution in [2.75, 3.05) is 7.11 Å². The van der Waals surface area contributed by atoms with Gasteiger partial charge in [-0.25, -0.2) is 4.68 Å². The average molecular weight is 242 g/mol. The van der Waals surface area contributed by atoms with Crippen LogP contribution in [0, 0.1) is 0 Å². The van der Waals surface area contributed by atoms with Crippen molar-refractivity contribution in [1.82, 2.24) is 9.78 Å². The minimum atomic E-state index is -4.45. The summed E-state index contributed by atoms with van der Waals surface area (Å²) in [5, 5.41) is 3.87. The fraction of sp³-hybridized carbons (Fsp3) is 0.182. The number of benzene rings is 1. The lowest BCUT2D eigenvalue weighted by atomic mass is 10.1. The fourth-order valence-electron chi connectivity index (χ4n) is 1.48. The van der Waals surface area contributed by atoms with Crippen LogP contribution < -0.4 is 4.74 Å². The number of methoxy groups -OCH3 is 1. The van der Waals surface area contributed by atoms with E-state index in [1.165, 1.54) is 30.1 Å². The number of ether oxygens (including phenoxy) is 1. The maximum absolute atomic E-state index is 12.7. The van der Waals surface area contributed by atoms with E-state index in [1.807, 2.05) is 0 Å². The van der Waals surface area contributed by atoms with Crippen molar-refractivity contribution in [3.63, 3.8) is 0 Å². The van der Waals surface area contributed by atoms with Crippen LogP contribution in [-0.4, -0.2) is 16.9 Å². The van der Waals surface area contributed by atoms with Crippen LogP contribution in [0.1, 0.15) is 5.56 Å². The molecule has 0 saturated carbocycles. The minimum absolute atomic E-state index is 0.201. The molecule has 0 aliphatic heterocycles. The largest absolute Gasteiger partial charge is 0.496 e. The van der Waals surface area contributed by atoms with Crippen molar-refractivity contribution in [2.24, 2.45) is 0 Å². The first-order chi connectivity index (χ1) is 8.02. The van der Waals surface area contributed by atoms with E-state index in [0.717, 1.165) is 6.07 Å². The molecule has 1 aromatic heterocycles. The SMILES string of the molecule is COc1ccc(-n2cccn2)cc1C(F)(F)F. The zero-order valence-electron chi connectivity index (χ0n) is 8.90. The summed E-state index contributed by atoms with van der Waals surface area (Å²) < 4.78 is 44.3. The number of hydrogen-bond acceptors (Lipinski definition) is 2. The Morgan fingerprint density at radius 3 is 2.59 bits per heavy atom. The molecule has 0 bridgehead atoms. The molecule has 17 heavy (non-hydrogen) atoms. The van der Waals surface area contributed by atoms with Gasteiger partial charge in [0.2, 0.25) is 0 Å². The van der Waals surface area contributed by atoms with E-state index in [1.54, 1.807) is 12.3 Å². The van der Waals surface area contributed by atoms with E-state index in [9.17, 15) is 13.2 Å². The highest BCUT2D eigenvalue weighted by atomic mass is 19.4. The van der Waals surface area contributed by atoms with Crippen molar-refractivity contribution >= 4 is 0 Å². The summed E-state index contributed by atoms with van der Waals surface area (Å²) in [4.78, 5) is 0. The Kier molecular flexibility index (Phi) is 2.79. The van der Waals surface area contributed by atoms with E-state index in [0.29, 0.717) is 5.69 Å². The molecule has 0 unspecified atom stereocenters. The molecule has 2 aromatic rings. The summed E-state index contributed by atoms with van der Waals surface area (Å²) in [6.45, 7) is 0. The van der Waals surface area contributed by atoms with Crippen LogP contribution in [-0.2, 0) is 6.18 Å². The van der Waals surface area contributed by atoms with Crippen LogP contribution in [0.2, 0.25) is 0 Å². The molecule has 6 heteroatoms. The van der Waals surface area contributed by atoms with Gasteiger partial charge >= 0.3 is 6.18 Å².